The topological polar surface area (TPSA) is 43.1 Å². The van der Waals surface area contributed by atoms with Crippen molar-refractivity contribution in [3.8, 4) is 11.8 Å². The van der Waals surface area contributed by atoms with Crippen molar-refractivity contribution in [3.05, 3.63) is 29.6 Å². The van der Waals surface area contributed by atoms with E-state index in [1.807, 2.05) is 0 Å². The molecule has 0 aliphatic heterocycles. The van der Waals surface area contributed by atoms with Crippen LogP contribution in [0, 0.1) is 17.7 Å². The van der Waals surface area contributed by atoms with Gasteiger partial charge in [-0.15, -0.1) is 0 Å². The monoisotopic (exact) mass is 237 g/mol. The van der Waals surface area contributed by atoms with Gasteiger partial charge in [-0.3, -0.25) is 4.79 Å². The molecule has 0 bridgehead atoms. The molecule has 1 aromatic carbocycles. The number of benzene rings is 1. The second kappa shape index (κ2) is 6.19. The van der Waals surface area contributed by atoms with E-state index in [-0.39, 0.29) is 10.8 Å². The minimum Gasteiger partial charge on any atom is -0.396 e. The van der Waals surface area contributed by atoms with E-state index in [2.05, 4.69) is 11.8 Å². The fraction of sp³-hybridized carbons (Fsp3) is 0.250. The summed E-state index contributed by atoms with van der Waals surface area (Å²) < 4.78 is 12.8. The number of halogens is 1. The van der Waals surface area contributed by atoms with Crippen molar-refractivity contribution in [2.45, 2.75) is 13.3 Å². The molecule has 0 saturated heterocycles. The molecule has 0 unspecified atom stereocenters. The number of thioether (sulfide) groups is 1. The highest BCUT2D eigenvalue weighted by Gasteiger charge is 1.96. The third-order valence-corrected chi connectivity index (χ3v) is 2.58. The molecule has 0 amide bonds. The molecule has 0 atom stereocenters. The molecular formula is C12H12FNOS. The van der Waals surface area contributed by atoms with Crippen molar-refractivity contribution in [1.82, 2.24) is 0 Å². The molecule has 1 rings (SSSR count). The standard InChI is InChI=1S/C12H12FNOS/c1-9(15)16-7-3-2-4-10-5-6-11(13)12(14)8-10/h5-6,8H,3,7,14H2,1H3. The number of carbonyl (C=O) groups is 1. The first-order valence-corrected chi connectivity index (χ1v) is 5.75. The highest BCUT2D eigenvalue weighted by Crippen LogP contribution is 2.11. The van der Waals surface area contributed by atoms with Crippen molar-refractivity contribution >= 4 is 22.6 Å². The van der Waals surface area contributed by atoms with Gasteiger partial charge in [-0.2, -0.15) is 0 Å². The zero-order chi connectivity index (χ0) is 12.0. The summed E-state index contributed by atoms with van der Waals surface area (Å²) >= 11 is 1.25. The van der Waals surface area contributed by atoms with Crippen molar-refractivity contribution in [3.63, 3.8) is 0 Å². The van der Waals surface area contributed by atoms with Crippen LogP contribution in [0.25, 0.3) is 0 Å². The quantitative estimate of drug-likeness (QED) is 0.488. The lowest BCUT2D eigenvalue weighted by Gasteiger charge is -1.95. The second-order valence-electron chi connectivity index (χ2n) is 3.13. The first-order valence-electron chi connectivity index (χ1n) is 4.77. The molecule has 1 aromatic rings. The summed E-state index contributed by atoms with van der Waals surface area (Å²) in [7, 11) is 0. The van der Waals surface area contributed by atoms with E-state index in [1.165, 1.54) is 30.8 Å². The Balaban J connectivity index is 2.50. The lowest BCUT2D eigenvalue weighted by atomic mass is 10.2. The number of carbonyl (C=O) groups excluding carboxylic acids is 1. The molecule has 0 aliphatic carbocycles. The maximum Gasteiger partial charge on any atom is 0.185 e. The lowest BCUT2D eigenvalue weighted by Crippen LogP contribution is -1.90. The van der Waals surface area contributed by atoms with Crippen LogP contribution in [0.2, 0.25) is 0 Å². The number of nitrogen functional groups attached to an aromatic ring is 1. The van der Waals surface area contributed by atoms with Crippen molar-refractivity contribution in [2.24, 2.45) is 0 Å². The van der Waals surface area contributed by atoms with E-state index in [0.717, 1.165) is 0 Å². The second-order valence-corrected chi connectivity index (χ2v) is 4.40. The average Bonchev–Trinajstić information content (AvgIpc) is 2.22. The van der Waals surface area contributed by atoms with Crippen LogP contribution in [-0.4, -0.2) is 10.9 Å². The zero-order valence-corrected chi connectivity index (χ0v) is 9.73. The molecule has 2 N–H and O–H groups in total. The summed E-state index contributed by atoms with van der Waals surface area (Å²) in [5.41, 5.74) is 6.19. The Morgan fingerprint density at radius 1 is 1.56 bits per heavy atom. The third kappa shape index (κ3) is 4.37. The first kappa shape index (κ1) is 12.6. The van der Waals surface area contributed by atoms with Crippen LogP contribution in [0.3, 0.4) is 0 Å². The van der Waals surface area contributed by atoms with Crippen LogP contribution >= 0.6 is 11.8 Å². The molecule has 0 saturated carbocycles. The maximum absolute atomic E-state index is 12.8. The van der Waals surface area contributed by atoms with Gasteiger partial charge < -0.3 is 5.73 Å². The predicted molar refractivity (Wildman–Crippen MR) is 65.4 cm³/mol. The third-order valence-electron chi connectivity index (χ3n) is 1.76. The Morgan fingerprint density at radius 3 is 2.94 bits per heavy atom. The van der Waals surface area contributed by atoms with Gasteiger partial charge >= 0.3 is 0 Å². The molecule has 0 fully saturated rings. The highest BCUT2D eigenvalue weighted by molar-refractivity contribution is 8.13. The molecule has 2 nitrogen and oxygen atoms in total. The van der Waals surface area contributed by atoms with E-state index >= 15 is 0 Å². The zero-order valence-electron chi connectivity index (χ0n) is 8.92. The van der Waals surface area contributed by atoms with Crippen LogP contribution in [0.5, 0.6) is 0 Å². The largest absolute Gasteiger partial charge is 0.396 e. The highest BCUT2D eigenvalue weighted by atomic mass is 32.2. The van der Waals surface area contributed by atoms with Crippen LogP contribution < -0.4 is 5.73 Å². The lowest BCUT2D eigenvalue weighted by molar-refractivity contribution is -0.109. The average molecular weight is 237 g/mol. The van der Waals surface area contributed by atoms with E-state index in [1.54, 1.807) is 6.07 Å². The smallest absolute Gasteiger partial charge is 0.185 e. The minimum atomic E-state index is -0.433. The van der Waals surface area contributed by atoms with Gasteiger partial charge in [-0.1, -0.05) is 23.6 Å². The van der Waals surface area contributed by atoms with Crippen LogP contribution in [0.4, 0.5) is 10.1 Å². The van der Waals surface area contributed by atoms with Gasteiger partial charge in [0.25, 0.3) is 0 Å². The molecule has 84 valence electrons. The molecule has 0 aliphatic rings. The fourth-order valence-electron chi connectivity index (χ4n) is 1.03. The van der Waals surface area contributed by atoms with Crippen molar-refractivity contribution < 1.29 is 9.18 Å². The van der Waals surface area contributed by atoms with Crippen LogP contribution in [0.15, 0.2) is 18.2 Å². The van der Waals surface area contributed by atoms with Crippen LogP contribution in [-0.2, 0) is 4.79 Å². The Bertz CT molecular complexity index is 448. The van der Waals surface area contributed by atoms with Crippen molar-refractivity contribution in [2.75, 3.05) is 11.5 Å². The SMILES string of the molecule is CC(=O)SCCC#Cc1ccc(F)c(N)c1. The van der Waals surface area contributed by atoms with Gasteiger partial charge in [0.15, 0.2) is 5.12 Å². The first-order chi connectivity index (χ1) is 7.59. The maximum atomic E-state index is 12.8. The van der Waals surface area contributed by atoms with E-state index in [4.69, 9.17) is 5.73 Å². The van der Waals surface area contributed by atoms with E-state index in [0.29, 0.717) is 17.7 Å². The number of hydrogen-bond acceptors (Lipinski definition) is 3. The number of nitrogens with two attached hydrogens (primary N) is 1. The Labute approximate surface area is 98.4 Å². The van der Waals surface area contributed by atoms with Gasteiger partial charge in [-0.05, 0) is 18.2 Å². The summed E-state index contributed by atoms with van der Waals surface area (Å²) in [5, 5.41) is 0.0906. The molecule has 0 spiro atoms. The molecule has 16 heavy (non-hydrogen) atoms. The number of rotatable bonds is 2. The van der Waals surface area contributed by atoms with Gasteiger partial charge in [0, 0.05) is 24.7 Å². The predicted octanol–water partition coefficient (Wildman–Crippen LogP) is 2.43. The number of hydrogen-bond donors (Lipinski definition) is 1. The summed E-state index contributed by atoms with van der Waals surface area (Å²) in [4.78, 5) is 10.6. The molecule has 0 aromatic heterocycles. The van der Waals surface area contributed by atoms with Crippen LogP contribution in [0.1, 0.15) is 18.9 Å². The van der Waals surface area contributed by atoms with Gasteiger partial charge in [-0.25, -0.2) is 4.39 Å². The summed E-state index contributed by atoms with van der Waals surface area (Å²) in [6, 6.07) is 4.38. The van der Waals surface area contributed by atoms with E-state index < -0.39 is 5.82 Å². The normalized spacial score (nSPS) is 9.38. The van der Waals surface area contributed by atoms with Gasteiger partial charge in [0.2, 0.25) is 0 Å². The Hall–Kier alpha value is -1.47. The number of anilines is 1. The molecular weight excluding hydrogens is 225 g/mol. The summed E-state index contributed by atoms with van der Waals surface area (Å²) in [6.45, 7) is 1.53. The molecule has 0 heterocycles. The Morgan fingerprint density at radius 2 is 2.31 bits per heavy atom. The van der Waals surface area contributed by atoms with E-state index in [9.17, 15) is 9.18 Å². The minimum absolute atomic E-state index is 0.0906. The van der Waals surface area contributed by atoms with Gasteiger partial charge in [0.1, 0.15) is 5.82 Å². The Kier molecular flexibility index (Phi) is 4.87. The molecule has 4 heteroatoms. The summed E-state index contributed by atoms with van der Waals surface area (Å²) in [5.74, 6) is 6.01. The van der Waals surface area contributed by atoms with Crippen molar-refractivity contribution in [1.29, 1.82) is 0 Å². The summed E-state index contributed by atoms with van der Waals surface area (Å²) in [6.07, 6.45) is 0.627. The fourth-order valence-corrected chi connectivity index (χ4v) is 1.52. The molecule has 0 radical (unpaired) electrons. The van der Waals surface area contributed by atoms with Gasteiger partial charge in [0.05, 0.1) is 5.69 Å².